The molecule has 1 saturated heterocycles. The number of halogens is 2. The molecule has 210 valence electrons. The molecule has 1 amide bonds. The van der Waals surface area contributed by atoms with Crippen molar-refractivity contribution < 1.29 is 13.6 Å². The predicted octanol–water partition coefficient (Wildman–Crippen LogP) is 6.46. The van der Waals surface area contributed by atoms with Crippen molar-refractivity contribution in [2.45, 2.75) is 18.9 Å². The SMILES string of the molecule is O=C(c1ccccc1P(c1ccccc1)c1ccccc1)N1CCCC1CP(c1ccc(F)cc1)c1ccc(F)cc1. The standard InChI is InChI=1S/C36H31F2NOP2/c37-27-17-21-30(22-18-27)41(31-23-19-28(38)20-24-31)26-29-10-9-25-39(29)36(40)34-15-7-8-16-35(34)42(32-11-3-1-4-12-32)33-13-5-2-6-14-33/h1-8,11-24,29H,9-10,25-26H2. The first-order valence-electron chi connectivity index (χ1n) is 14.2. The van der Waals surface area contributed by atoms with Crippen LogP contribution >= 0.6 is 15.8 Å². The van der Waals surface area contributed by atoms with Gasteiger partial charge in [0.2, 0.25) is 0 Å². The third-order valence-corrected chi connectivity index (χ3v) is 12.8. The first-order chi connectivity index (χ1) is 20.6. The van der Waals surface area contributed by atoms with Crippen LogP contribution in [0.1, 0.15) is 23.2 Å². The zero-order valence-corrected chi connectivity index (χ0v) is 24.9. The van der Waals surface area contributed by atoms with Crippen LogP contribution in [0, 0.1) is 11.6 Å². The van der Waals surface area contributed by atoms with E-state index in [2.05, 4.69) is 54.6 Å². The van der Waals surface area contributed by atoms with Crippen molar-refractivity contribution in [1.29, 1.82) is 0 Å². The summed E-state index contributed by atoms with van der Waals surface area (Å²) in [5.41, 5.74) is 0.746. The van der Waals surface area contributed by atoms with E-state index in [1.165, 1.54) is 34.9 Å². The molecule has 0 aliphatic carbocycles. The first-order valence-corrected chi connectivity index (χ1v) is 17.0. The number of likely N-dealkylation sites (tertiary alicyclic amines) is 1. The molecule has 5 aromatic rings. The lowest BCUT2D eigenvalue weighted by atomic mass is 10.2. The normalized spacial score (nSPS) is 15.0. The maximum absolute atomic E-state index is 14.4. The molecule has 1 heterocycles. The van der Waals surface area contributed by atoms with E-state index in [0.717, 1.165) is 40.5 Å². The Morgan fingerprint density at radius 2 is 1.14 bits per heavy atom. The third-order valence-electron chi connectivity index (χ3n) is 7.71. The lowest BCUT2D eigenvalue weighted by Gasteiger charge is -2.30. The molecular weight excluding hydrogens is 562 g/mol. The fourth-order valence-electron chi connectivity index (χ4n) is 5.69. The number of carbonyl (C=O) groups is 1. The van der Waals surface area contributed by atoms with Gasteiger partial charge in [-0.25, -0.2) is 8.78 Å². The minimum atomic E-state index is -0.938. The second kappa shape index (κ2) is 13.1. The fraction of sp³-hybridized carbons (Fsp3) is 0.139. The Morgan fingerprint density at radius 3 is 1.69 bits per heavy atom. The van der Waals surface area contributed by atoms with Crippen LogP contribution in [0.4, 0.5) is 8.78 Å². The lowest BCUT2D eigenvalue weighted by Crippen LogP contribution is -2.40. The highest BCUT2D eigenvalue weighted by Gasteiger charge is 2.34. The van der Waals surface area contributed by atoms with E-state index in [0.29, 0.717) is 6.54 Å². The van der Waals surface area contributed by atoms with Crippen molar-refractivity contribution in [3.63, 3.8) is 0 Å². The smallest absolute Gasteiger partial charge is 0.254 e. The van der Waals surface area contributed by atoms with E-state index in [1.807, 2.05) is 59.5 Å². The zero-order chi connectivity index (χ0) is 28.9. The summed E-state index contributed by atoms with van der Waals surface area (Å²) in [4.78, 5) is 16.5. The van der Waals surface area contributed by atoms with Gasteiger partial charge in [-0.3, -0.25) is 4.79 Å². The summed E-state index contributed by atoms with van der Waals surface area (Å²) in [7, 11) is -1.86. The number of amides is 1. The number of hydrogen-bond donors (Lipinski definition) is 0. The maximum Gasteiger partial charge on any atom is 0.254 e. The Hall–Kier alpha value is -3.71. The van der Waals surface area contributed by atoms with E-state index < -0.39 is 15.8 Å². The molecule has 1 unspecified atom stereocenters. The molecule has 0 N–H and O–H groups in total. The molecule has 1 fully saturated rings. The van der Waals surface area contributed by atoms with Crippen LogP contribution in [0.5, 0.6) is 0 Å². The summed E-state index contributed by atoms with van der Waals surface area (Å²) in [6.45, 7) is 0.697. The molecule has 5 aromatic carbocycles. The average Bonchev–Trinajstić information content (AvgIpc) is 3.50. The van der Waals surface area contributed by atoms with Crippen molar-refractivity contribution in [1.82, 2.24) is 4.90 Å². The van der Waals surface area contributed by atoms with Crippen molar-refractivity contribution in [3.8, 4) is 0 Å². The molecule has 0 saturated carbocycles. The molecule has 1 aliphatic heterocycles. The van der Waals surface area contributed by atoms with Crippen molar-refractivity contribution >= 4 is 48.3 Å². The van der Waals surface area contributed by atoms with Gasteiger partial charge in [0.1, 0.15) is 11.6 Å². The molecule has 0 bridgehead atoms. The van der Waals surface area contributed by atoms with Gasteiger partial charge in [0, 0.05) is 18.2 Å². The van der Waals surface area contributed by atoms with Crippen molar-refractivity contribution in [2.75, 3.05) is 12.7 Å². The number of nitrogens with zero attached hydrogens (tertiary/aromatic N) is 1. The highest BCUT2D eigenvalue weighted by atomic mass is 31.1. The zero-order valence-electron chi connectivity index (χ0n) is 23.1. The minimum Gasteiger partial charge on any atom is -0.335 e. The van der Waals surface area contributed by atoms with E-state index in [9.17, 15) is 13.6 Å². The molecule has 0 radical (unpaired) electrons. The van der Waals surface area contributed by atoms with E-state index in [1.54, 1.807) is 0 Å². The van der Waals surface area contributed by atoms with Gasteiger partial charge in [-0.15, -0.1) is 0 Å². The topological polar surface area (TPSA) is 20.3 Å². The predicted molar refractivity (Wildman–Crippen MR) is 173 cm³/mol. The Labute approximate surface area is 248 Å². The van der Waals surface area contributed by atoms with Gasteiger partial charge >= 0.3 is 0 Å². The van der Waals surface area contributed by atoms with Gasteiger partial charge in [0.15, 0.2) is 0 Å². The quantitative estimate of drug-likeness (QED) is 0.189. The summed E-state index contributed by atoms with van der Waals surface area (Å²) in [5, 5.41) is 5.50. The maximum atomic E-state index is 14.4. The summed E-state index contributed by atoms with van der Waals surface area (Å²) in [6, 6.07) is 42.2. The molecule has 1 atom stereocenters. The van der Waals surface area contributed by atoms with Crippen LogP contribution in [0.15, 0.2) is 133 Å². The lowest BCUT2D eigenvalue weighted by molar-refractivity contribution is 0.0751. The number of benzene rings is 5. The molecule has 2 nitrogen and oxygen atoms in total. The Balaban J connectivity index is 1.35. The van der Waals surface area contributed by atoms with Gasteiger partial charge in [-0.2, -0.15) is 0 Å². The van der Waals surface area contributed by atoms with Crippen LogP contribution in [-0.4, -0.2) is 29.6 Å². The second-order valence-corrected chi connectivity index (χ2v) is 14.8. The van der Waals surface area contributed by atoms with Crippen LogP contribution < -0.4 is 26.5 Å². The van der Waals surface area contributed by atoms with Crippen LogP contribution in [0.25, 0.3) is 0 Å². The number of rotatable bonds is 8. The second-order valence-electron chi connectivity index (χ2n) is 10.4. The van der Waals surface area contributed by atoms with E-state index >= 15 is 0 Å². The Morgan fingerprint density at radius 1 is 0.643 bits per heavy atom. The summed E-state index contributed by atoms with van der Waals surface area (Å²) in [5.74, 6) is -0.508. The summed E-state index contributed by atoms with van der Waals surface area (Å²) in [6.07, 6.45) is 2.58. The number of carbonyl (C=O) groups excluding carboxylic acids is 1. The summed E-state index contributed by atoms with van der Waals surface area (Å²) < 4.78 is 27.6. The van der Waals surface area contributed by atoms with Crippen LogP contribution in [0.2, 0.25) is 0 Å². The van der Waals surface area contributed by atoms with Gasteiger partial charge in [0.25, 0.3) is 5.91 Å². The fourth-order valence-corrected chi connectivity index (χ4v) is 10.7. The van der Waals surface area contributed by atoms with Crippen LogP contribution in [0.3, 0.4) is 0 Å². The molecule has 6 rings (SSSR count). The van der Waals surface area contributed by atoms with Gasteiger partial charge in [-0.05, 0) is 91.7 Å². The van der Waals surface area contributed by atoms with Gasteiger partial charge in [0.05, 0.1) is 0 Å². The monoisotopic (exact) mass is 593 g/mol. The van der Waals surface area contributed by atoms with Gasteiger partial charge in [-0.1, -0.05) is 103 Å². The Kier molecular flexibility index (Phi) is 8.84. The van der Waals surface area contributed by atoms with Gasteiger partial charge < -0.3 is 4.90 Å². The highest BCUT2D eigenvalue weighted by molar-refractivity contribution is 7.80. The molecule has 1 aliphatic rings. The van der Waals surface area contributed by atoms with Crippen molar-refractivity contribution in [3.05, 3.63) is 151 Å². The first kappa shape index (κ1) is 28.4. The molecule has 0 aromatic heterocycles. The largest absolute Gasteiger partial charge is 0.335 e. The average molecular weight is 594 g/mol. The molecule has 0 spiro atoms. The van der Waals surface area contributed by atoms with E-state index in [-0.39, 0.29) is 23.6 Å². The molecule has 6 heteroatoms. The third kappa shape index (κ3) is 6.21. The number of hydrogen-bond acceptors (Lipinski definition) is 1. The molecule has 42 heavy (non-hydrogen) atoms. The Bertz CT molecular complexity index is 1540. The minimum absolute atomic E-state index is 0.0338. The van der Waals surface area contributed by atoms with E-state index in [4.69, 9.17) is 0 Å². The highest BCUT2D eigenvalue weighted by Crippen LogP contribution is 2.39. The van der Waals surface area contributed by atoms with Crippen molar-refractivity contribution in [2.24, 2.45) is 0 Å². The van der Waals surface area contributed by atoms with Crippen LogP contribution in [-0.2, 0) is 0 Å². The summed E-state index contributed by atoms with van der Waals surface area (Å²) >= 11 is 0. The molecular formula is C36H31F2NOP2.